The number of carbonyl (C=O) groups is 2. The third-order valence-corrected chi connectivity index (χ3v) is 8.76. The molecule has 1 amide bonds. The van der Waals surface area contributed by atoms with Crippen LogP contribution in [0, 0.1) is 0 Å². The number of aromatic nitrogens is 3. The van der Waals surface area contributed by atoms with E-state index >= 15 is 0 Å². The second-order valence-electron chi connectivity index (χ2n) is 8.44. The molecule has 9 nitrogen and oxygen atoms in total. The molecular formula is C26H26N4O5S3. The third-order valence-electron chi connectivity index (χ3n) is 6.04. The summed E-state index contributed by atoms with van der Waals surface area (Å²) >= 11 is 4.18. The summed E-state index contributed by atoms with van der Waals surface area (Å²) in [6, 6.07) is 11.3. The van der Waals surface area contributed by atoms with Crippen LogP contribution in [0.3, 0.4) is 0 Å². The molecule has 0 bridgehead atoms. The molecule has 1 saturated heterocycles. The summed E-state index contributed by atoms with van der Waals surface area (Å²) in [5.41, 5.74) is 1.83. The Labute approximate surface area is 232 Å². The maximum atomic E-state index is 13.0. The molecule has 1 atom stereocenters. The van der Waals surface area contributed by atoms with Crippen LogP contribution in [-0.4, -0.2) is 59.3 Å². The lowest BCUT2D eigenvalue weighted by Gasteiger charge is -2.14. The molecule has 1 N–H and O–H groups in total. The van der Waals surface area contributed by atoms with Crippen molar-refractivity contribution < 1.29 is 23.8 Å². The van der Waals surface area contributed by atoms with E-state index in [9.17, 15) is 9.59 Å². The van der Waals surface area contributed by atoms with Crippen LogP contribution in [-0.2, 0) is 20.8 Å². The highest BCUT2D eigenvalue weighted by Crippen LogP contribution is 2.37. The fourth-order valence-corrected chi connectivity index (χ4v) is 6.61. The highest BCUT2D eigenvalue weighted by atomic mass is 32.2. The molecule has 0 radical (unpaired) electrons. The zero-order valence-corrected chi connectivity index (χ0v) is 23.3. The van der Waals surface area contributed by atoms with E-state index in [2.05, 4.69) is 15.5 Å². The molecule has 198 valence electrons. The molecule has 1 unspecified atom stereocenters. The van der Waals surface area contributed by atoms with Crippen molar-refractivity contribution >= 4 is 51.3 Å². The first-order valence-electron chi connectivity index (χ1n) is 11.9. The van der Waals surface area contributed by atoms with Gasteiger partial charge in [0.2, 0.25) is 5.91 Å². The quantitative estimate of drug-likeness (QED) is 0.199. The van der Waals surface area contributed by atoms with Crippen molar-refractivity contribution in [3.63, 3.8) is 0 Å². The van der Waals surface area contributed by atoms with Gasteiger partial charge in [-0.2, -0.15) is 0 Å². The minimum Gasteiger partial charge on any atom is -0.497 e. The van der Waals surface area contributed by atoms with Gasteiger partial charge in [0.25, 0.3) is 0 Å². The molecule has 4 aromatic rings. The molecule has 0 aliphatic carbocycles. The van der Waals surface area contributed by atoms with Gasteiger partial charge in [0.15, 0.2) is 11.0 Å². The molecule has 4 heterocycles. The molecule has 1 aliphatic heterocycles. The maximum Gasteiger partial charge on any atom is 0.341 e. The zero-order chi connectivity index (χ0) is 26.5. The number of nitrogens with zero attached hydrogens (tertiary/aromatic N) is 3. The number of methoxy groups -OCH3 is 2. The maximum absolute atomic E-state index is 13.0. The number of nitrogens with one attached hydrogen (secondary N) is 1. The SMILES string of the molecule is COC(=O)c1c(-c2ccc(OC)cc2)csc1NC(=O)CSc1nnc(-c2cccs2)n1CC1CCCO1. The van der Waals surface area contributed by atoms with Crippen LogP contribution in [0.15, 0.2) is 52.3 Å². The van der Waals surface area contributed by atoms with E-state index in [1.54, 1.807) is 18.4 Å². The third kappa shape index (κ3) is 5.78. The number of rotatable bonds is 10. The lowest BCUT2D eigenvalue weighted by Crippen LogP contribution is -2.18. The van der Waals surface area contributed by atoms with E-state index in [1.165, 1.54) is 30.2 Å². The van der Waals surface area contributed by atoms with Crippen LogP contribution in [0.5, 0.6) is 5.75 Å². The van der Waals surface area contributed by atoms with E-state index in [-0.39, 0.29) is 17.8 Å². The van der Waals surface area contributed by atoms with Gasteiger partial charge in [0, 0.05) is 17.6 Å². The predicted molar refractivity (Wildman–Crippen MR) is 149 cm³/mol. The van der Waals surface area contributed by atoms with Crippen LogP contribution in [0.4, 0.5) is 5.00 Å². The Balaban J connectivity index is 1.32. The van der Waals surface area contributed by atoms with E-state index in [1.807, 2.05) is 51.7 Å². The second kappa shape index (κ2) is 12.1. The summed E-state index contributed by atoms with van der Waals surface area (Å²) in [5.74, 6) is 0.812. The average molecular weight is 571 g/mol. The number of hydrogen-bond acceptors (Lipinski definition) is 10. The predicted octanol–water partition coefficient (Wildman–Crippen LogP) is 5.44. The van der Waals surface area contributed by atoms with Gasteiger partial charge in [-0.05, 0) is 42.0 Å². The smallest absolute Gasteiger partial charge is 0.341 e. The molecule has 3 aromatic heterocycles. The van der Waals surface area contributed by atoms with E-state index in [0.29, 0.717) is 33.6 Å². The fraction of sp³-hybridized carbons (Fsp3) is 0.308. The summed E-state index contributed by atoms with van der Waals surface area (Å²) in [6.07, 6.45) is 2.12. The van der Waals surface area contributed by atoms with Crippen LogP contribution in [0.2, 0.25) is 0 Å². The first kappa shape index (κ1) is 26.4. The van der Waals surface area contributed by atoms with Crippen LogP contribution >= 0.6 is 34.4 Å². The number of thiophene rings is 2. The lowest BCUT2D eigenvalue weighted by molar-refractivity contribution is -0.113. The van der Waals surface area contributed by atoms with Crippen LogP contribution < -0.4 is 10.1 Å². The van der Waals surface area contributed by atoms with Crippen molar-refractivity contribution in [1.82, 2.24) is 14.8 Å². The summed E-state index contributed by atoms with van der Waals surface area (Å²) < 4.78 is 18.1. The number of benzene rings is 1. The Bertz CT molecular complexity index is 1390. The normalized spacial score (nSPS) is 14.9. The molecular weight excluding hydrogens is 545 g/mol. The van der Waals surface area contributed by atoms with E-state index in [4.69, 9.17) is 14.2 Å². The van der Waals surface area contributed by atoms with Crippen molar-refractivity contribution in [2.45, 2.75) is 30.6 Å². The summed E-state index contributed by atoms with van der Waals surface area (Å²) in [5, 5.41) is 16.6. The highest BCUT2D eigenvalue weighted by Gasteiger charge is 2.25. The molecule has 0 saturated carbocycles. The van der Waals surface area contributed by atoms with Crippen LogP contribution in [0.25, 0.3) is 21.8 Å². The van der Waals surface area contributed by atoms with Gasteiger partial charge in [-0.1, -0.05) is 30.0 Å². The minimum atomic E-state index is -0.517. The molecule has 38 heavy (non-hydrogen) atoms. The van der Waals surface area contributed by atoms with Crippen molar-refractivity contribution in [3.05, 3.63) is 52.7 Å². The number of anilines is 1. The van der Waals surface area contributed by atoms with Gasteiger partial charge in [-0.15, -0.1) is 32.9 Å². The molecule has 1 aliphatic rings. The molecule has 1 fully saturated rings. The number of hydrogen-bond donors (Lipinski definition) is 1. The molecule has 1 aromatic carbocycles. The number of carbonyl (C=O) groups excluding carboxylic acids is 2. The standard InChI is InChI=1S/C26H26N4O5S3/c1-33-17-9-7-16(8-10-17)19-14-37-24(22(19)25(32)34-2)27-21(31)15-38-26-29-28-23(20-6-4-12-36-20)30(26)13-18-5-3-11-35-18/h4,6-10,12,14,18H,3,5,11,13,15H2,1-2H3,(H,27,31). The Morgan fingerprint density at radius 1 is 1.18 bits per heavy atom. The summed E-state index contributed by atoms with van der Waals surface area (Å²) in [4.78, 5) is 26.7. The van der Waals surface area contributed by atoms with Gasteiger partial charge in [0.1, 0.15) is 16.3 Å². The minimum absolute atomic E-state index is 0.1000. The lowest BCUT2D eigenvalue weighted by atomic mass is 10.0. The van der Waals surface area contributed by atoms with Gasteiger partial charge in [-0.3, -0.25) is 9.36 Å². The topological polar surface area (TPSA) is 105 Å². The number of ether oxygens (including phenoxy) is 3. The Kier molecular flexibility index (Phi) is 8.42. The fourth-order valence-electron chi connectivity index (χ4n) is 4.17. The molecule has 12 heteroatoms. The van der Waals surface area contributed by atoms with Crippen molar-refractivity contribution in [2.24, 2.45) is 0 Å². The van der Waals surface area contributed by atoms with Gasteiger partial charge in [0.05, 0.1) is 37.5 Å². The number of amides is 1. The van der Waals surface area contributed by atoms with E-state index in [0.717, 1.165) is 35.7 Å². The number of esters is 1. The van der Waals surface area contributed by atoms with Crippen LogP contribution in [0.1, 0.15) is 23.2 Å². The zero-order valence-electron chi connectivity index (χ0n) is 20.8. The monoisotopic (exact) mass is 570 g/mol. The summed E-state index contributed by atoms with van der Waals surface area (Å²) in [6.45, 7) is 1.39. The van der Waals surface area contributed by atoms with Crippen molar-refractivity contribution in [1.29, 1.82) is 0 Å². The van der Waals surface area contributed by atoms with Crippen molar-refractivity contribution in [2.75, 3.05) is 31.9 Å². The van der Waals surface area contributed by atoms with Crippen molar-refractivity contribution in [3.8, 4) is 27.6 Å². The highest BCUT2D eigenvalue weighted by molar-refractivity contribution is 7.99. The Hall–Kier alpha value is -3.19. The second-order valence-corrected chi connectivity index (χ2v) is 11.2. The van der Waals surface area contributed by atoms with Gasteiger partial charge < -0.3 is 19.5 Å². The van der Waals surface area contributed by atoms with E-state index < -0.39 is 5.97 Å². The molecule has 0 spiro atoms. The largest absolute Gasteiger partial charge is 0.497 e. The molecule has 5 rings (SSSR count). The summed E-state index contributed by atoms with van der Waals surface area (Å²) in [7, 11) is 2.92. The first-order valence-corrected chi connectivity index (χ1v) is 14.7. The number of thioether (sulfide) groups is 1. The Morgan fingerprint density at radius 2 is 2.03 bits per heavy atom. The average Bonchev–Trinajstić information content (AvgIpc) is 3.75. The van der Waals surface area contributed by atoms with Gasteiger partial charge in [-0.25, -0.2) is 4.79 Å². The Morgan fingerprint density at radius 3 is 2.71 bits per heavy atom. The van der Waals surface area contributed by atoms with Gasteiger partial charge >= 0.3 is 5.97 Å². The first-order chi connectivity index (χ1) is 18.6.